The van der Waals surface area contributed by atoms with Gasteiger partial charge in [-0.1, -0.05) is 6.42 Å². The molecule has 2 rings (SSSR count). The maximum Gasteiger partial charge on any atom is 0.290 e. The maximum absolute atomic E-state index is 11.3. The molecule has 1 aromatic heterocycles. The molecule has 0 aliphatic heterocycles. The molecule has 1 aliphatic rings. The number of hydrogen-bond donors (Lipinski definition) is 2. The molecule has 1 aliphatic carbocycles. The molecule has 1 aromatic rings. The zero-order chi connectivity index (χ0) is 10.7. The van der Waals surface area contributed by atoms with E-state index in [4.69, 9.17) is 0 Å². The number of hydrogen-bond acceptors (Lipinski definition) is 4. The van der Waals surface area contributed by atoms with Gasteiger partial charge in [0.25, 0.3) is 5.56 Å². The number of nitrogens with one attached hydrogen (secondary N) is 2. The summed E-state index contributed by atoms with van der Waals surface area (Å²) < 4.78 is 0.323. The summed E-state index contributed by atoms with van der Waals surface area (Å²) in [4.78, 5) is 18.0. The second-order valence-electron chi connectivity index (χ2n) is 3.86. The Morgan fingerprint density at radius 2 is 2.47 bits per heavy atom. The fourth-order valence-corrected chi connectivity index (χ4v) is 2.66. The fraction of sp³-hybridized carbons (Fsp3) is 0.600. The van der Waals surface area contributed by atoms with Crippen molar-refractivity contribution in [3.63, 3.8) is 0 Å². The fourth-order valence-electron chi connectivity index (χ4n) is 1.75. The lowest BCUT2D eigenvalue weighted by Gasteiger charge is -2.40. The minimum Gasteiger partial charge on any atom is -0.364 e. The SMILES string of the molecule is CSC1(CNc2ncc[nH]c2=O)CCC1. The van der Waals surface area contributed by atoms with Gasteiger partial charge in [-0.3, -0.25) is 4.79 Å². The zero-order valence-electron chi connectivity index (χ0n) is 8.75. The number of anilines is 1. The Hall–Kier alpha value is -0.970. The van der Waals surface area contributed by atoms with E-state index >= 15 is 0 Å². The summed E-state index contributed by atoms with van der Waals surface area (Å²) in [7, 11) is 0. The first-order valence-corrected chi connectivity index (χ1v) is 6.31. The summed E-state index contributed by atoms with van der Waals surface area (Å²) in [6, 6.07) is 0. The summed E-state index contributed by atoms with van der Waals surface area (Å²) >= 11 is 1.88. The van der Waals surface area contributed by atoms with Crippen molar-refractivity contribution in [2.24, 2.45) is 0 Å². The number of nitrogens with zero attached hydrogens (tertiary/aromatic N) is 1. The minimum absolute atomic E-state index is 0.145. The predicted molar refractivity (Wildman–Crippen MR) is 63.4 cm³/mol. The van der Waals surface area contributed by atoms with Crippen LogP contribution in [0.1, 0.15) is 19.3 Å². The monoisotopic (exact) mass is 225 g/mol. The standard InChI is InChI=1S/C10H15N3OS/c1-15-10(3-2-4-10)7-13-8-9(14)12-6-5-11-8/h5-6H,2-4,7H2,1H3,(H,11,13)(H,12,14). The van der Waals surface area contributed by atoms with E-state index in [0.717, 1.165) is 6.54 Å². The molecule has 0 spiro atoms. The second kappa shape index (κ2) is 4.26. The Balaban J connectivity index is 1.99. The highest BCUT2D eigenvalue weighted by molar-refractivity contribution is 8.00. The van der Waals surface area contributed by atoms with E-state index in [1.807, 2.05) is 11.8 Å². The molecule has 1 fully saturated rings. The van der Waals surface area contributed by atoms with Gasteiger partial charge in [0, 0.05) is 23.7 Å². The van der Waals surface area contributed by atoms with E-state index < -0.39 is 0 Å². The van der Waals surface area contributed by atoms with Gasteiger partial charge in [0.15, 0.2) is 5.82 Å². The summed E-state index contributed by atoms with van der Waals surface area (Å²) in [5.74, 6) is 0.429. The molecule has 2 N–H and O–H groups in total. The molecule has 0 aromatic carbocycles. The van der Waals surface area contributed by atoms with Crippen molar-refractivity contribution in [1.82, 2.24) is 9.97 Å². The van der Waals surface area contributed by atoms with Crippen LogP contribution in [-0.4, -0.2) is 27.5 Å². The summed E-state index contributed by atoms with van der Waals surface area (Å²) in [6.07, 6.45) is 9.01. The quantitative estimate of drug-likeness (QED) is 0.814. The molecule has 0 radical (unpaired) electrons. The molecule has 5 heteroatoms. The van der Waals surface area contributed by atoms with E-state index in [9.17, 15) is 4.79 Å². The van der Waals surface area contributed by atoms with Gasteiger partial charge in [-0.15, -0.1) is 0 Å². The third kappa shape index (κ3) is 2.17. The third-order valence-corrected chi connectivity index (χ3v) is 4.40. The lowest BCUT2D eigenvalue weighted by Crippen LogP contribution is -2.41. The van der Waals surface area contributed by atoms with Gasteiger partial charge in [-0.2, -0.15) is 11.8 Å². The van der Waals surface area contributed by atoms with Crippen LogP contribution in [0.5, 0.6) is 0 Å². The van der Waals surface area contributed by atoms with Crippen LogP contribution in [0.4, 0.5) is 5.82 Å². The van der Waals surface area contributed by atoms with Gasteiger partial charge in [0.2, 0.25) is 0 Å². The van der Waals surface area contributed by atoms with Crippen LogP contribution in [-0.2, 0) is 0 Å². The number of aromatic amines is 1. The van der Waals surface area contributed by atoms with E-state index in [-0.39, 0.29) is 5.56 Å². The van der Waals surface area contributed by atoms with Crippen molar-refractivity contribution in [2.75, 3.05) is 18.1 Å². The molecule has 0 bridgehead atoms. The molecule has 0 saturated heterocycles. The number of rotatable bonds is 4. The molecular formula is C10H15N3OS. The van der Waals surface area contributed by atoms with Crippen LogP contribution in [0.15, 0.2) is 17.2 Å². The van der Waals surface area contributed by atoms with Gasteiger partial charge in [0.1, 0.15) is 0 Å². The van der Waals surface area contributed by atoms with Gasteiger partial charge in [-0.05, 0) is 19.1 Å². The summed E-state index contributed by atoms with van der Waals surface area (Å²) in [5.41, 5.74) is -0.145. The Morgan fingerprint density at radius 1 is 1.67 bits per heavy atom. The average Bonchev–Trinajstić information content (AvgIpc) is 2.19. The Labute approximate surface area is 92.9 Å². The Morgan fingerprint density at radius 3 is 3.00 bits per heavy atom. The molecule has 1 heterocycles. The van der Waals surface area contributed by atoms with Crippen molar-refractivity contribution in [1.29, 1.82) is 0 Å². The molecule has 1 saturated carbocycles. The van der Waals surface area contributed by atoms with Crippen molar-refractivity contribution in [3.8, 4) is 0 Å². The molecule has 0 amide bonds. The van der Waals surface area contributed by atoms with E-state index in [1.54, 1.807) is 12.4 Å². The lowest BCUT2D eigenvalue weighted by molar-refractivity contribution is 0.379. The minimum atomic E-state index is -0.145. The Bertz CT molecular complexity index is 381. The highest BCUT2D eigenvalue weighted by Crippen LogP contribution is 2.42. The van der Waals surface area contributed by atoms with E-state index in [2.05, 4.69) is 21.5 Å². The summed E-state index contributed by atoms with van der Waals surface area (Å²) in [6.45, 7) is 0.828. The first-order valence-electron chi connectivity index (χ1n) is 5.08. The normalized spacial score (nSPS) is 18.2. The van der Waals surface area contributed by atoms with Gasteiger partial charge in [-0.25, -0.2) is 4.98 Å². The maximum atomic E-state index is 11.3. The van der Waals surface area contributed by atoms with Crippen LogP contribution >= 0.6 is 11.8 Å². The first kappa shape index (κ1) is 10.5. The van der Waals surface area contributed by atoms with Crippen molar-refractivity contribution >= 4 is 17.6 Å². The van der Waals surface area contributed by atoms with E-state index in [0.29, 0.717) is 10.6 Å². The molecule has 4 nitrogen and oxygen atoms in total. The van der Waals surface area contributed by atoms with E-state index in [1.165, 1.54) is 19.3 Å². The van der Waals surface area contributed by atoms with Gasteiger partial charge >= 0.3 is 0 Å². The lowest BCUT2D eigenvalue weighted by atomic mass is 9.84. The third-order valence-electron chi connectivity index (χ3n) is 2.98. The molecule has 15 heavy (non-hydrogen) atoms. The molecule has 0 unspecified atom stereocenters. The topological polar surface area (TPSA) is 57.8 Å². The van der Waals surface area contributed by atoms with Crippen LogP contribution in [0.3, 0.4) is 0 Å². The van der Waals surface area contributed by atoms with Crippen molar-refractivity contribution in [3.05, 3.63) is 22.7 Å². The zero-order valence-corrected chi connectivity index (χ0v) is 9.56. The predicted octanol–water partition coefficient (Wildman–Crippen LogP) is 1.47. The molecule has 0 atom stereocenters. The van der Waals surface area contributed by atoms with Crippen LogP contribution in [0.2, 0.25) is 0 Å². The highest BCUT2D eigenvalue weighted by atomic mass is 32.2. The van der Waals surface area contributed by atoms with Crippen molar-refractivity contribution in [2.45, 2.75) is 24.0 Å². The van der Waals surface area contributed by atoms with Crippen molar-refractivity contribution < 1.29 is 0 Å². The second-order valence-corrected chi connectivity index (χ2v) is 5.14. The summed E-state index contributed by atoms with van der Waals surface area (Å²) in [5, 5.41) is 3.13. The van der Waals surface area contributed by atoms with Crippen LogP contribution in [0.25, 0.3) is 0 Å². The highest BCUT2D eigenvalue weighted by Gasteiger charge is 2.35. The van der Waals surface area contributed by atoms with Gasteiger partial charge in [0.05, 0.1) is 0 Å². The molecule has 82 valence electrons. The van der Waals surface area contributed by atoms with Gasteiger partial charge < -0.3 is 10.3 Å². The average molecular weight is 225 g/mol. The first-order chi connectivity index (χ1) is 7.26. The van der Waals surface area contributed by atoms with Crippen LogP contribution in [0, 0.1) is 0 Å². The smallest absolute Gasteiger partial charge is 0.290 e. The largest absolute Gasteiger partial charge is 0.364 e. The number of thioether (sulfide) groups is 1. The molecular weight excluding hydrogens is 210 g/mol. The van der Waals surface area contributed by atoms with Crippen LogP contribution < -0.4 is 10.9 Å². The Kier molecular flexibility index (Phi) is 3.00. The number of H-pyrrole nitrogens is 1. The number of aromatic nitrogens is 2.